The van der Waals surface area contributed by atoms with Crippen LogP contribution in [0.25, 0.3) is 0 Å². The summed E-state index contributed by atoms with van der Waals surface area (Å²) >= 11 is 0. The molecule has 1 aliphatic rings. The van der Waals surface area contributed by atoms with E-state index < -0.39 is 17.9 Å². The minimum Gasteiger partial charge on any atom is -0.480 e. The minimum absolute atomic E-state index is 0.00285. The summed E-state index contributed by atoms with van der Waals surface area (Å²) in [6.45, 7) is 3.28. The predicted octanol–water partition coefficient (Wildman–Crippen LogP) is 0.908. The van der Waals surface area contributed by atoms with E-state index in [1.54, 1.807) is 13.8 Å². The third-order valence-corrected chi connectivity index (χ3v) is 3.65. The maximum atomic E-state index is 11.8. The molecule has 0 aromatic carbocycles. The Kier molecular flexibility index (Phi) is 6.48. The van der Waals surface area contributed by atoms with E-state index >= 15 is 0 Å². The third-order valence-electron chi connectivity index (χ3n) is 3.65. The number of nitrogens with one attached hydrogen (secondary N) is 2. The second kappa shape index (κ2) is 7.87. The highest BCUT2D eigenvalue weighted by atomic mass is 16.4. The van der Waals surface area contributed by atoms with Gasteiger partial charge < -0.3 is 15.7 Å². The van der Waals surface area contributed by atoms with Crippen LogP contribution in [0.4, 0.5) is 0 Å². The molecular weight excluding hydrogens is 260 g/mol. The lowest BCUT2D eigenvalue weighted by Gasteiger charge is -2.21. The summed E-state index contributed by atoms with van der Waals surface area (Å²) in [6, 6.07) is -0.922. The van der Waals surface area contributed by atoms with Gasteiger partial charge >= 0.3 is 5.97 Å². The van der Waals surface area contributed by atoms with Gasteiger partial charge in [0.25, 0.3) is 0 Å². The second-order valence-corrected chi connectivity index (χ2v) is 5.68. The number of carboxylic acid groups (broad SMARTS) is 1. The molecule has 1 fully saturated rings. The van der Waals surface area contributed by atoms with Gasteiger partial charge in [-0.25, -0.2) is 4.79 Å². The van der Waals surface area contributed by atoms with Crippen LogP contribution in [0.5, 0.6) is 0 Å². The molecular formula is C14H24N2O4. The summed E-state index contributed by atoms with van der Waals surface area (Å²) in [7, 11) is 0. The van der Waals surface area contributed by atoms with Crippen LogP contribution in [0.2, 0.25) is 0 Å². The number of carboxylic acids is 1. The van der Waals surface area contributed by atoms with Gasteiger partial charge in [-0.05, 0) is 18.8 Å². The molecule has 1 atom stereocenters. The number of hydrogen-bond donors (Lipinski definition) is 3. The fourth-order valence-corrected chi connectivity index (χ4v) is 2.41. The van der Waals surface area contributed by atoms with E-state index in [4.69, 9.17) is 5.11 Å². The molecule has 0 saturated heterocycles. The summed E-state index contributed by atoms with van der Waals surface area (Å²) in [5, 5.41) is 14.0. The Morgan fingerprint density at radius 2 is 1.75 bits per heavy atom. The second-order valence-electron chi connectivity index (χ2n) is 5.68. The molecule has 114 valence electrons. The summed E-state index contributed by atoms with van der Waals surface area (Å²) in [5.41, 5.74) is 0. The zero-order valence-electron chi connectivity index (χ0n) is 12.1. The van der Waals surface area contributed by atoms with Crippen LogP contribution < -0.4 is 10.6 Å². The largest absolute Gasteiger partial charge is 0.480 e. The summed E-state index contributed by atoms with van der Waals surface area (Å²) in [5.74, 6) is -1.83. The number of aliphatic carboxylic acids is 1. The van der Waals surface area contributed by atoms with Gasteiger partial charge in [-0.15, -0.1) is 0 Å². The SMILES string of the molecule is CC(C)[C@H](NC(=O)CNC(=O)C1CCCCC1)C(=O)O. The molecule has 1 rings (SSSR count). The molecule has 6 nitrogen and oxygen atoms in total. The lowest BCUT2D eigenvalue weighted by atomic mass is 9.89. The zero-order valence-corrected chi connectivity index (χ0v) is 12.1. The molecule has 1 aliphatic carbocycles. The number of rotatable bonds is 6. The third kappa shape index (κ3) is 5.19. The number of carbonyl (C=O) groups excluding carboxylic acids is 2. The molecule has 20 heavy (non-hydrogen) atoms. The van der Waals surface area contributed by atoms with Crippen molar-refractivity contribution in [2.24, 2.45) is 11.8 Å². The van der Waals surface area contributed by atoms with Gasteiger partial charge in [-0.2, -0.15) is 0 Å². The molecule has 3 N–H and O–H groups in total. The van der Waals surface area contributed by atoms with Crippen molar-refractivity contribution in [1.29, 1.82) is 0 Å². The average Bonchev–Trinajstić information content (AvgIpc) is 2.42. The van der Waals surface area contributed by atoms with Gasteiger partial charge in [0.15, 0.2) is 0 Å². The van der Waals surface area contributed by atoms with Crippen LogP contribution in [0, 0.1) is 11.8 Å². The lowest BCUT2D eigenvalue weighted by Crippen LogP contribution is -2.48. The van der Waals surface area contributed by atoms with Crippen molar-refractivity contribution in [2.75, 3.05) is 6.54 Å². The van der Waals surface area contributed by atoms with Crippen LogP contribution in [-0.4, -0.2) is 35.5 Å². The molecule has 0 aliphatic heterocycles. The van der Waals surface area contributed by atoms with Crippen LogP contribution in [-0.2, 0) is 14.4 Å². The molecule has 0 heterocycles. The van der Waals surface area contributed by atoms with E-state index in [1.165, 1.54) is 6.42 Å². The maximum Gasteiger partial charge on any atom is 0.326 e. The highest BCUT2D eigenvalue weighted by Crippen LogP contribution is 2.23. The molecule has 2 amide bonds. The first-order chi connectivity index (χ1) is 9.41. The molecule has 0 bridgehead atoms. The molecule has 0 aromatic rings. The number of hydrogen-bond acceptors (Lipinski definition) is 3. The number of amides is 2. The Balaban J connectivity index is 2.34. The van der Waals surface area contributed by atoms with Gasteiger partial charge in [0.1, 0.15) is 6.04 Å². The average molecular weight is 284 g/mol. The normalized spacial score (nSPS) is 17.6. The van der Waals surface area contributed by atoms with Crippen molar-refractivity contribution in [3.8, 4) is 0 Å². The standard InChI is InChI=1S/C14H24N2O4/c1-9(2)12(14(19)20)16-11(17)8-15-13(18)10-6-4-3-5-7-10/h9-10,12H,3-8H2,1-2H3,(H,15,18)(H,16,17)(H,19,20)/t12-/m0/s1. The van der Waals surface area contributed by atoms with Crippen molar-refractivity contribution in [3.05, 3.63) is 0 Å². The van der Waals surface area contributed by atoms with Gasteiger partial charge in [0, 0.05) is 5.92 Å². The Bertz CT molecular complexity index is 362. The summed E-state index contributed by atoms with van der Waals surface area (Å²) in [6.07, 6.45) is 5.02. The lowest BCUT2D eigenvalue weighted by molar-refractivity contribution is -0.143. The van der Waals surface area contributed by atoms with E-state index in [0.717, 1.165) is 25.7 Å². The molecule has 1 saturated carbocycles. The molecule has 0 spiro atoms. The Hall–Kier alpha value is -1.59. The fraction of sp³-hybridized carbons (Fsp3) is 0.786. The Morgan fingerprint density at radius 1 is 1.15 bits per heavy atom. The molecule has 6 heteroatoms. The van der Waals surface area contributed by atoms with Crippen molar-refractivity contribution >= 4 is 17.8 Å². The van der Waals surface area contributed by atoms with E-state index in [1.807, 2.05) is 0 Å². The smallest absolute Gasteiger partial charge is 0.326 e. The first kappa shape index (κ1) is 16.5. The van der Waals surface area contributed by atoms with E-state index in [9.17, 15) is 14.4 Å². The fourth-order valence-electron chi connectivity index (χ4n) is 2.41. The number of carbonyl (C=O) groups is 3. The first-order valence-corrected chi connectivity index (χ1v) is 7.21. The van der Waals surface area contributed by atoms with Crippen LogP contribution in [0.3, 0.4) is 0 Å². The maximum absolute atomic E-state index is 11.8. The van der Waals surface area contributed by atoms with Crippen molar-refractivity contribution in [1.82, 2.24) is 10.6 Å². The summed E-state index contributed by atoms with van der Waals surface area (Å²) < 4.78 is 0. The predicted molar refractivity (Wildman–Crippen MR) is 74.0 cm³/mol. The first-order valence-electron chi connectivity index (χ1n) is 7.21. The molecule has 0 unspecified atom stereocenters. The quantitative estimate of drug-likeness (QED) is 0.675. The molecule has 0 aromatic heterocycles. The van der Waals surface area contributed by atoms with Gasteiger partial charge in [-0.3, -0.25) is 9.59 Å². The molecule has 0 radical (unpaired) electrons. The van der Waals surface area contributed by atoms with Crippen LogP contribution in [0.1, 0.15) is 46.0 Å². The van der Waals surface area contributed by atoms with Crippen molar-refractivity contribution in [3.63, 3.8) is 0 Å². The summed E-state index contributed by atoms with van der Waals surface area (Å²) in [4.78, 5) is 34.5. The van der Waals surface area contributed by atoms with Crippen LogP contribution >= 0.6 is 0 Å². The monoisotopic (exact) mass is 284 g/mol. The Labute approximate surface area is 119 Å². The van der Waals surface area contributed by atoms with E-state index in [-0.39, 0.29) is 24.3 Å². The van der Waals surface area contributed by atoms with Gasteiger partial charge in [-0.1, -0.05) is 33.1 Å². The highest BCUT2D eigenvalue weighted by molar-refractivity contribution is 5.88. The van der Waals surface area contributed by atoms with Crippen LogP contribution in [0.15, 0.2) is 0 Å². The van der Waals surface area contributed by atoms with Gasteiger partial charge in [0.2, 0.25) is 11.8 Å². The Morgan fingerprint density at radius 3 is 2.25 bits per heavy atom. The zero-order chi connectivity index (χ0) is 15.1. The minimum atomic E-state index is -1.06. The van der Waals surface area contributed by atoms with E-state index in [2.05, 4.69) is 10.6 Å². The van der Waals surface area contributed by atoms with Crippen molar-refractivity contribution < 1.29 is 19.5 Å². The van der Waals surface area contributed by atoms with E-state index in [0.29, 0.717) is 0 Å². The van der Waals surface area contributed by atoms with Gasteiger partial charge in [0.05, 0.1) is 6.54 Å². The van der Waals surface area contributed by atoms with Crippen molar-refractivity contribution in [2.45, 2.75) is 52.0 Å². The topological polar surface area (TPSA) is 95.5 Å². The highest BCUT2D eigenvalue weighted by Gasteiger charge is 2.25.